The van der Waals surface area contributed by atoms with Crippen LogP contribution >= 0.6 is 24.4 Å². The molecule has 52 heavy (non-hydrogen) atoms. The number of thioether (sulfide) groups is 1. The Kier molecular flexibility index (Phi) is 18.3. The van der Waals surface area contributed by atoms with E-state index in [0.29, 0.717) is 16.9 Å². The molecule has 0 radical (unpaired) electrons. The molecule has 286 valence electrons. The average molecular weight is 765 g/mol. The first-order chi connectivity index (χ1) is 24.6. The molecule has 0 saturated carbocycles. The molecule has 0 aromatic heterocycles. The van der Waals surface area contributed by atoms with Gasteiger partial charge in [-0.3, -0.25) is 24.0 Å². The van der Waals surface area contributed by atoms with Crippen LogP contribution in [0, 0.1) is 5.92 Å². The topological polar surface area (TPSA) is 270 Å². The number of hydrogen-bond donors (Lipinski definition) is 11. The molecule has 0 bridgehead atoms. The molecule has 18 heteroatoms. The second-order valence-electron chi connectivity index (χ2n) is 12.3. The van der Waals surface area contributed by atoms with Gasteiger partial charge in [0.2, 0.25) is 29.5 Å². The van der Waals surface area contributed by atoms with Crippen LogP contribution in [0.3, 0.4) is 0 Å². The van der Waals surface area contributed by atoms with E-state index < -0.39 is 84.3 Å². The molecule has 11 N–H and O–H groups in total. The Morgan fingerprint density at radius 1 is 0.692 bits per heavy atom. The van der Waals surface area contributed by atoms with Gasteiger partial charge in [-0.15, -0.1) is 0 Å². The third-order valence-electron chi connectivity index (χ3n) is 7.84. The number of aliphatic carboxylic acids is 1. The van der Waals surface area contributed by atoms with Crippen LogP contribution in [0.5, 0.6) is 11.5 Å². The molecular formula is C34H48N6O10S2. The summed E-state index contributed by atoms with van der Waals surface area (Å²) in [5.41, 5.74) is 7.29. The largest absolute Gasteiger partial charge is 0.508 e. The van der Waals surface area contributed by atoms with E-state index in [1.807, 2.05) is 6.26 Å². The van der Waals surface area contributed by atoms with Crippen molar-refractivity contribution in [1.29, 1.82) is 0 Å². The van der Waals surface area contributed by atoms with Crippen molar-refractivity contribution < 1.29 is 49.2 Å². The van der Waals surface area contributed by atoms with Crippen molar-refractivity contribution >= 4 is 59.9 Å². The molecule has 2 rings (SSSR count). The maximum absolute atomic E-state index is 13.3. The van der Waals surface area contributed by atoms with Crippen LogP contribution in [0.2, 0.25) is 0 Å². The zero-order valence-electron chi connectivity index (χ0n) is 29.1. The SMILES string of the molecule is CSCC[C@H](NC(=O)[C@@H](N)Cc1ccc(O)cc1)C(=O)N[C@@H](CS)C(=O)N[C@H](CO)C(=O)N[C@@H](C(=O)N[C@@H](Cc1ccc(O)cc1)C(=O)O)C(C)C. The van der Waals surface area contributed by atoms with E-state index in [-0.39, 0.29) is 36.5 Å². The second-order valence-corrected chi connectivity index (χ2v) is 13.7. The second kappa shape index (κ2) is 21.8. The summed E-state index contributed by atoms with van der Waals surface area (Å²) in [5, 5.41) is 51.0. The third-order valence-corrected chi connectivity index (χ3v) is 8.85. The Morgan fingerprint density at radius 2 is 1.15 bits per heavy atom. The van der Waals surface area contributed by atoms with Gasteiger partial charge in [-0.1, -0.05) is 38.1 Å². The summed E-state index contributed by atoms with van der Waals surface area (Å²) in [6, 6.07) is 4.30. The van der Waals surface area contributed by atoms with Crippen molar-refractivity contribution in [2.45, 2.75) is 69.4 Å². The summed E-state index contributed by atoms with van der Waals surface area (Å²) < 4.78 is 0. The number of carbonyl (C=O) groups excluding carboxylic acids is 5. The van der Waals surface area contributed by atoms with Gasteiger partial charge in [-0.05, 0) is 66.2 Å². The number of amides is 5. The number of thiol groups is 1. The molecule has 0 fully saturated rings. The van der Waals surface area contributed by atoms with Crippen LogP contribution in [0.1, 0.15) is 31.4 Å². The fourth-order valence-electron chi connectivity index (χ4n) is 4.81. The summed E-state index contributed by atoms with van der Waals surface area (Å²) >= 11 is 5.58. The maximum atomic E-state index is 13.3. The van der Waals surface area contributed by atoms with Gasteiger partial charge in [-0.2, -0.15) is 24.4 Å². The van der Waals surface area contributed by atoms with E-state index in [4.69, 9.17) is 5.73 Å². The van der Waals surface area contributed by atoms with Gasteiger partial charge in [0.25, 0.3) is 0 Å². The van der Waals surface area contributed by atoms with Gasteiger partial charge in [0.15, 0.2) is 0 Å². The molecule has 0 aliphatic carbocycles. The summed E-state index contributed by atoms with van der Waals surface area (Å²) in [6.07, 6.45) is 2.03. The van der Waals surface area contributed by atoms with E-state index >= 15 is 0 Å². The van der Waals surface area contributed by atoms with E-state index in [1.165, 1.54) is 48.2 Å². The molecule has 0 heterocycles. The van der Waals surface area contributed by atoms with Gasteiger partial charge in [0, 0.05) is 12.2 Å². The molecule has 0 saturated heterocycles. The Labute approximate surface area is 311 Å². The van der Waals surface area contributed by atoms with Gasteiger partial charge in [0.1, 0.15) is 41.7 Å². The van der Waals surface area contributed by atoms with E-state index in [1.54, 1.807) is 26.0 Å². The first kappa shape index (κ1) is 43.6. The molecule has 0 aliphatic heterocycles. The number of aliphatic hydroxyl groups excluding tert-OH is 1. The molecule has 6 atom stereocenters. The van der Waals surface area contributed by atoms with Gasteiger partial charge in [0.05, 0.1) is 12.6 Å². The number of nitrogens with one attached hydrogen (secondary N) is 5. The van der Waals surface area contributed by atoms with Crippen LogP contribution in [-0.4, -0.2) is 117 Å². The highest BCUT2D eigenvalue weighted by atomic mass is 32.2. The smallest absolute Gasteiger partial charge is 0.326 e. The van der Waals surface area contributed by atoms with Crippen LogP contribution in [0.25, 0.3) is 0 Å². The Hall–Kier alpha value is -4.52. The van der Waals surface area contributed by atoms with Crippen molar-refractivity contribution in [2.24, 2.45) is 11.7 Å². The Balaban J connectivity index is 2.06. The van der Waals surface area contributed by atoms with Crippen molar-refractivity contribution in [2.75, 3.05) is 24.4 Å². The first-order valence-corrected chi connectivity index (χ1v) is 18.4. The highest BCUT2D eigenvalue weighted by Crippen LogP contribution is 2.13. The average Bonchev–Trinajstić information content (AvgIpc) is 3.10. The quantitative estimate of drug-likeness (QED) is 0.0688. The number of rotatable bonds is 21. The number of phenolic OH excluding ortho intramolecular Hbond substituents is 2. The highest BCUT2D eigenvalue weighted by Gasteiger charge is 2.33. The first-order valence-electron chi connectivity index (χ1n) is 16.4. The number of aromatic hydroxyl groups is 2. The minimum Gasteiger partial charge on any atom is -0.508 e. The van der Waals surface area contributed by atoms with Crippen molar-refractivity contribution in [3.05, 3.63) is 59.7 Å². The van der Waals surface area contributed by atoms with Crippen LogP contribution in [-0.2, 0) is 41.6 Å². The number of nitrogens with two attached hydrogens (primary N) is 1. The normalized spacial score (nSPS) is 14.5. The van der Waals surface area contributed by atoms with E-state index in [9.17, 15) is 49.2 Å². The zero-order chi connectivity index (χ0) is 39.0. The third kappa shape index (κ3) is 14.2. The van der Waals surface area contributed by atoms with E-state index in [2.05, 4.69) is 39.2 Å². The lowest BCUT2D eigenvalue weighted by Gasteiger charge is -2.27. The van der Waals surface area contributed by atoms with Crippen molar-refractivity contribution in [1.82, 2.24) is 26.6 Å². The molecule has 2 aromatic rings. The maximum Gasteiger partial charge on any atom is 0.326 e. The van der Waals surface area contributed by atoms with Gasteiger partial charge >= 0.3 is 5.97 Å². The lowest BCUT2D eigenvalue weighted by molar-refractivity contribution is -0.142. The zero-order valence-corrected chi connectivity index (χ0v) is 30.8. The number of aliphatic hydroxyl groups is 1. The predicted octanol–water partition coefficient (Wildman–Crippen LogP) is -0.950. The van der Waals surface area contributed by atoms with Crippen LogP contribution < -0.4 is 32.3 Å². The summed E-state index contributed by atoms with van der Waals surface area (Å²) in [6.45, 7) is 2.32. The summed E-state index contributed by atoms with van der Waals surface area (Å²) in [4.78, 5) is 77.6. The molecule has 0 aliphatic rings. The predicted molar refractivity (Wildman–Crippen MR) is 198 cm³/mol. The lowest BCUT2D eigenvalue weighted by atomic mass is 10.0. The minimum atomic E-state index is -1.57. The monoisotopic (exact) mass is 764 g/mol. The number of hydrogen-bond acceptors (Lipinski definition) is 12. The summed E-state index contributed by atoms with van der Waals surface area (Å²) in [7, 11) is 0. The molecular weight excluding hydrogens is 717 g/mol. The molecule has 16 nitrogen and oxygen atoms in total. The molecule has 0 spiro atoms. The standard InChI is InChI=1S/C34H48N6O10S2/c1-18(2)28(33(48)37-25(34(49)50)15-20-6-10-22(43)11-7-20)40-31(46)26(16-41)38-32(47)27(17-51)39-30(45)24(12-13-52-3)36-29(44)23(35)14-19-4-8-21(42)9-5-19/h4-11,18,23-28,41-43,51H,12-17,35H2,1-3H3,(H,36,44)(H,37,48)(H,38,47)(H,39,45)(H,40,46)(H,49,50)/t23-,24-,25-,26+,27-,28+/m0/s1. The lowest BCUT2D eigenvalue weighted by Crippen LogP contribution is -2.61. The van der Waals surface area contributed by atoms with Crippen LogP contribution in [0.15, 0.2) is 48.5 Å². The summed E-state index contributed by atoms with van der Waals surface area (Å²) in [5.74, 6) is -5.57. The fraction of sp³-hybridized carbons (Fsp3) is 0.471. The van der Waals surface area contributed by atoms with Gasteiger partial charge < -0.3 is 52.7 Å². The highest BCUT2D eigenvalue weighted by molar-refractivity contribution is 7.98. The minimum absolute atomic E-state index is 0.0147. The molecule has 5 amide bonds. The Bertz CT molecular complexity index is 1510. The van der Waals surface area contributed by atoms with Gasteiger partial charge in [-0.25, -0.2) is 4.79 Å². The number of phenols is 2. The van der Waals surface area contributed by atoms with Crippen molar-refractivity contribution in [3.63, 3.8) is 0 Å². The number of carbonyl (C=O) groups is 6. The number of carboxylic acids is 1. The van der Waals surface area contributed by atoms with Crippen LogP contribution in [0.4, 0.5) is 0 Å². The van der Waals surface area contributed by atoms with Crippen molar-refractivity contribution in [3.8, 4) is 11.5 Å². The molecule has 0 unspecified atom stereocenters. The Morgan fingerprint density at radius 3 is 1.63 bits per heavy atom. The van der Waals surface area contributed by atoms with E-state index in [0.717, 1.165) is 0 Å². The number of benzene rings is 2. The molecule has 2 aromatic carbocycles. The number of carboxylic acid groups (broad SMARTS) is 1. The fourth-order valence-corrected chi connectivity index (χ4v) is 5.54.